The highest BCUT2D eigenvalue weighted by Crippen LogP contribution is 2.21. The van der Waals surface area contributed by atoms with Crippen LogP contribution in [-0.2, 0) is 14.6 Å². The van der Waals surface area contributed by atoms with E-state index in [9.17, 15) is 18.0 Å². The number of carbonyl (C=O) groups excluding carboxylic acids is 1. The molecule has 0 aliphatic heterocycles. The van der Waals surface area contributed by atoms with Gasteiger partial charge in [0.05, 0.1) is 4.88 Å². The van der Waals surface area contributed by atoms with Crippen molar-refractivity contribution in [3.05, 3.63) is 17.0 Å². The van der Waals surface area contributed by atoms with E-state index in [4.69, 9.17) is 5.11 Å². The molecule has 0 aliphatic rings. The van der Waals surface area contributed by atoms with Gasteiger partial charge in [-0.15, -0.1) is 11.3 Å². The molecule has 0 radical (unpaired) electrons. The van der Waals surface area contributed by atoms with Crippen molar-refractivity contribution in [3.63, 3.8) is 0 Å². The quantitative estimate of drug-likeness (QED) is 0.820. The van der Waals surface area contributed by atoms with Crippen LogP contribution in [0.2, 0.25) is 0 Å². The average Bonchev–Trinajstić information content (AvgIpc) is 2.76. The Labute approximate surface area is 115 Å². The number of carboxylic acid groups (broad SMARTS) is 1. The summed E-state index contributed by atoms with van der Waals surface area (Å²) >= 11 is 0.827. The first-order valence-corrected chi connectivity index (χ1v) is 8.30. The third-order valence-electron chi connectivity index (χ3n) is 2.35. The predicted octanol–water partition coefficient (Wildman–Crippen LogP) is 1.13. The number of hydrogen-bond acceptors (Lipinski definition) is 5. The van der Waals surface area contributed by atoms with Crippen LogP contribution in [-0.4, -0.2) is 37.7 Å². The Hall–Kier alpha value is -1.41. The van der Waals surface area contributed by atoms with Gasteiger partial charge in [-0.25, -0.2) is 13.2 Å². The van der Waals surface area contributed by atoms with E-state index in [1.807, 2.05) is 6.92 Å². The zero-order valence-corrected chi connectivity index (χ0v) is 12.2. The summed E-state index contributed by atoms with van der Waals surface area (Å²) in [5.74, 6) is -1.67. The lowest BCUT2D eigenvalue weighted by molar-refractivity contribution is -0.139. The van der Waals surface area contributed by atoms with Gasteiger partial charge in [-0.05, 0) is 18.6 Å². The van der Waals surface area contributed by atoms with E-state index in [-0.39, 0.29) is 9.09 Å². The van der Waals surface area contributed by atoms with Crippen LogP contribution in [0.5, 0.6) is 0 Å². The maximum absolute atomic E-state index is 11.8. The zero-order valence-electron chi connectivity index (χ0n) is 10.5. The molecule has 1 heterocycles. The summed E-state index contributed by atoms with van der Waals surface area (Å²) < 4.78 is 22.7. The fraction of sp³-hybridized carbons (Fsp3) is 0.455. The van der Waals surface area contributed by atoms with Crippen molar-refractivity contribution >= 4 is 33.1 Å². The van der Waals surface area contributed by atoms with Gasteiger partial charge in [0.2, 0.25) is 0 Å². The summed E-state index contributed by atoms with van der Waals surface area (Å²) in [6, 6.07) is 1.76. The summed E-state index contributed by atoms with van der Waals surface area (Å²) in [6.45, 7) is 1.81. The van der Waals surface area contributed by atoms with Crippen LogP contribution in [0, 0.1) is 0 Å². The summed E-state index contributed by atoms with van der Waals surface area (Å²) in [6.07, 6.45) is 2.00. The molecule has 1 aromatic heterocycles. The minimum atomic E-state index is -3.35. The van der Waals surface area contributed by atoms with Gasteiger partial charge in [0.1, 0.15) is 10.3 Å². The van der Waals surface area contributed by atoms with Crippen molar-refractivity contribution in [2.24, 2.45) is 0 Å². The summed E-state index contributed by atoms with van der Waals surface area (Å²) in [5.41, 5.74) is 0. The van der Waals surface area contributed by atoms with Gasteiger partial charge in [-0.3, -0.25) is 4.79 Å². The molecular weight excluding hydrogens is 290 g/mol. The fourth-order valence-corrected chi connectivity index (χ4v) is 3.25. The Balaban J connectivity index is 2.83. The largest absolute Gasteiger partial charge is 0.480 e. The number of rotatable bonds is 6. The van der Waals surface area contributed by atoms with E-state index in [1.165, 1.54) is 12.1 Å². The minimum Gasteiger partial charge on any atom is -0.480 e. The number of aliphatic carboxylic acids is 1. The zero-order chi connectivity index (χ0) is 14.6. The maximum Gasteiger partial charge on any atom is 0.326 e. The number of carbonyl (C=O) groups is 2. The summed E-state index contributed by atoms with van der Waals surface area (Å²) in [4.78, 5) is 22.9. The molecule has 6 nitrogen and oxygen atoms in total. The standard InChI is InChI=1S/C11H15NO5S2/c1-3-4-7(11(14)15)12-10(13)8-5-6-9(18-8)19(2,16)17/h5-7H,3-4H2,1-2H3,(H,12,13)(H,14,15). The van der Waals surface area contributed by atoms with E-state index in [0.717, 1.165) is 17.6 Å². The molecule has 106 valence electrons. The van der Waals surface area contributed by atoms with Gasteiger partial charge in [0, 0.05) is 6.26 Å². The highest BCUT2D eigenvalue weighted by Gasteiger charge is 2.21. The summed E-state index contributed by atoms with van der Waals surface area (Å²) in [5, 5.41) is 11.3. The van der Waals surface area contributed by atoms with Crippen LogP contribution in [0.4, 0.5) is 0 Å². The lowest BCUT2D eigenvalue weighted by Crippen LogP contribution is -2.40. The Morgan fingerprint density at radius 2 is 2.05 bits per heavy atom. The van der Waals surface area contributed by atoms with Gasteiger partial charge >= 0.3 is 5.97 Å². The molecule has 0 bridgehead atoms. The van der Waals surface area contributed by atoms with Crippen LogP contribution in [0.1, 0.15) is 29.4 Å². The molecule has 0 saturated heterocycles. The molecule has 1 amide bonds. The molecule has 2 N–H and O–H groups in total. The van der Waals surface area contributed by atoms with Crippen LogP contribution in [0.3, 0.4) is 0 Å². The molecule has 1 rings (SSSR count). The molecule has 8 heteroatoms. The first-order valence-electron chi connectivity index (χ1n) is 5.59. The molecular formula is C11H15NO5S2. The highest BCUT2D eigenvalue weighted by atomic mass is 32.2. The van der Waals surface area contributed by atoms with Crippen LogP contribution in [0.15, 0.2) is 16.3 Å². The third-order valence-corrected chi connectivity index (χ3v) is 5.26. The van der Waals surface area contributed by atoms with Gasteiger partial charge in [-0.1, -0.05) is 13.3 Å². The SMILES string of the molecule is CCCC(NC(=O)c1ccc(S(C)(=O)=O)s1)C(=O)O. The lowest BCUT2D eigenvalue weighted by atomic mass is 10.1. The van der Waals surface area contributed by atoms with Crippen LogP contribution in [0.25, 0.3) is 0 Å². The van der Waals surface area contributed by atoms with E-state index in [1.54, 1.807) is 0 Å². The molecule has 0 saturated carbocycles. The topological polar surface area (TPSA) is 101 Å². The molecule has 0 aromatic carbocycles. The van der Waals surface area contributed by atoms with E-state index < -0.39 is 27.8 Å². The van der Waals surface area contributed by atoms with E-state index >= 15 is 0 Å². The van der Waals surface area contributed by atoms with Gasteiger partial charge < -0.3 is 10.4 Å². The Kier molecular flexibility index (Phi) is 5.07. The summed E-state index contributed by atoms with van der Waals surface area (Å²) in [7, 11) is -3.35. The van der Waals surface area contributed by atoms with Crippen molar-refractivity contribution in [3.8, 4) is 0 Å². The first kappa shape index (κ1) is 15.6. The second kappa shape index (κ2) is 6.16. The van der Waals surface area contributed by atoms with E-state index in [0.29, 0.717) is 12.8 Å². The molecule has 0 fully saturated rings. The Bertz CT molecular complexity index is 576. The molecule has 19 heavy (non-hydrogen) atoms. The van der Waals surface area contributed by atoms with E-state index in [2.05, 4.69) is 5.32 Å². The number of hydrogen-bond donors (Lipinski definition) is 2. The maximum atomic E-state index is 11.8. The van der Waals surface area contributed by atoms with Crippen molar-refractivity contribution < 1.29 is 23.1 Å². The molecule has 1 aromatic rings. The second-order valence-electron chi connectivity index (χ2n) is 4.04. The first-order chi connectivity index (χ1) is 8.75. The van der Waals surface area contributed by atoms with Gasteiger partial charge in [0.25, 0.3) is 5.91 Å². The number of nitrogens with one attached hydrogen (secondary N) is 1. The van der Waals surface area contributed by atoms with Gasteiger partial charge in [0.15, 0.2) is 9.84 Å². The second-order valence-corrected chi connectivity index (χ2v) is 7.37. The normalized spacial score (nSPS) is 12.9. The number of thiophene rings is 1. The van der Waals surface area contributed by atoms with Crippen molar-refractivity contribution in [2.75, 3.05) is 6.26 Å². The van der Waals surface area contributed by atoms with Crippen molar-refractivity contribution in [1.29, 1.82) is 0 Å². The smallest absolute Gasteiger partial charge is 0.326 e. The molecule has 0 aliphatic carbocycles. The third kappa shape index (κ3) is 4.32. The lowest BCUT2D eigenvalue weighted by Gasteiger charge is -2.12. The predicted molar refractivity (Wildman–Crippen MR) is 71.2 cm³/mol. The monoisotopic (exact) mass is 305 g/mol. The number of carboxylic acids is 1. The number of amides is 1. The highest BCUT2D eigenvalue weighted by molar-refractivity contribution is 7.92. The molecule has 1 unspecified atom stereocenters. The molecule has 0 spiro atoms. The Morgan fingerprint density at radius 1 is 1.42 bits per heavy atom. The van der Waals surface area contributed by atoms with Crippen LogP contribution >= 0.6 is 11.3 Å². The van der Waals surface area contributed by atoms with Gasteiger partial charge in [-0.2, -0.15) is 0 Å². The fourth-order valence-electron chi connectivity index (χ4n) is 1.42. The Morgan fingerprint density at radius 3 is 2.47 bits per heavy atom. The minimum absolute atomic E-state index is 0.0833. The molecule has 1 atom stereocenters. The number of sulfone groups is 1. The van der Waals surface area contributed by atoms with Crippen molar-refractivity contribution in [2.45, 2.75) is 30.0 Å². The average molecular weight is 305 g/mol. The van der Waals surface area contributed by atoms with Crippen LogP contribution < -0.4 is 5.32 Å². The van der Waals surface area contributed by atoms with Crippen molar-refractivity contribution in [1.82, 2.24) is 5.32 Å².